The molecule has 0 bridgehead atoms. The van der Waals surface area contributed by atoms with Crippen LogP contribution in [0.15, 0.2) is 18.2 Å². The lowest BCUT2D eigenvalue weighted by Crippen LogP contribution is -2.41. The van der Waals surface area contributed by atoms with Gasteiger partial charge in [0, 0.05) is 12.6 Å². The van der Waals surface area contributed by atoms with Crippen LogP contribution >= 0.6 is 0 Å². The molecule has 4 nitrogen and oxygen atoms in total. The lowest BCUT2D eigenvalue weighted by Gasteiger charge is -2.27. The van der Waals surface area contributed by atoms with Crippen molar-refractivity contribution in [2.75, 3.05) is 6.61 Å². The number of nitrogens with one attached hydrogen (secondary N) is 1. The summed E-state index contributed by atoms with van der Waals surface area (Å²) in [6, 6.07) is 4.27. The van der Waals surface area contributed by atoms with Crippen LogP contribution in [0, 0.1) is 5.95 Å². The number of ether oxygens (including phenoxy) is 1. The second-order valence-corrected chi connectivity index (χ2v) is 4.22. The van der Waals surface area contributed by atoms with Gasteiger partial charge in [0.15, 0.2) is 0 Å². The Kier molecular flexibility index (Phi) is 3.68. The lowest BCUT2D eigenvalue weighted by atomic mass is 10.0. The molecule has 1 N–H and O–H groups in total. The third-order valence-corrected chi connectivity index (χ3v) is 2.77. The summed E-state index contributed by atoms with van der Waals surface area (Å²) in [5.74, 6) is -0.971. The summed E-state index contributed by atoms with van der Waals surface area (Å²) in [6.07, 6.45) is 1.71. The van der Waals surface area contributed by atoms with Gasteiger partial charge in [0.2, 0.25) is 5.95 Å². The molecule has 2 rings (SSSR count). The van der Waals surface area contributed by atoms with E-state index >= 15 is 0 Å². The van der Waals surface area contributed by atoms with Crippen LogP contribution in [0.25, 0.3) is 0 Å². The van der Waals surface area contributed by atoms with Gasteiger partial charge in [-0.25, -0.2) is 4.98 Å². The first-order chi connectivity index (χ1) is 8.15. The SMILES string of the molecule is CC1CC(NC(=O)c2cccc(F)n2)CCO1. The first-order valence-corrected chi connectivity index (χ1v) is 5.70. The molecule has 1 saturated heterocycles. The van der Waals surface area contributed by atoms with Gasteiger partial charge in [-0.05, 0) is 31.9 Å². The van der Waals surface area contributed by atoms with Crippen molar-refractivity contribution in [1.82, 2.24) is 10.3 Å². The highest BCUT2D eigenvalue weighted by Crippen LogP contribution is 2.13. The Labute approximate surface area is 99.2 Å². The highest BCUT2D eigenvalue weighted by molar-refractivity contribution is 5.92. The van der Waals surface area contributed by atoms with Crippen LogP contribution in [0.3, 0.4) is 0 Å². The summed E-state index contributed by atoms with van der Waals surface area (Å²) in [6.45, 7) is 2.61. The maximum absolute atomic E-state index is 12.9. The van der Waals surface area contributed by atoms with Crippen LogP contribution in [-0.2, 0) is 4.74 Å². The Hall–Kier alpha value is -1.49. The molecule has 5 heteroatoms. The van der Waals surface area contributed by atoms with E-state index in [-0.39, 0.29) is 23.7 Å². The fourth-order valence-corrected chi connectivity index (χ4v) is 1.92. The molecule has 0 aromatic carbocycles. The molecular weight excluding hydrogens is 223 g/mol. The molecular formula is C12H15FN2O2. The predicted octanol–water partition coefficient (Wildman–Crippen LogP) is 1.52. The molecule has 2 atom stereocenters. The van der Waals surface area contributed by atoms with Crippen LogP contribution in [0.5, 0.6) is 0 Å². The number of hydrogen-bond donors (Lipinski definition) is 1. The number of halogens is 1. The molecule has 2 heterocycles. The van der Waals surface area contributed by atoms with Gasteiger partial charge in [-0.1, -0.05) is 6.07 Å². The molecule has 17 heavy (non-hydrogen) atoms. The van der Waals surface area contributed by atoms with Crippen molar-refractivity contribution in [3.8, 4) is 0 Å². The second kappa shape index (κ2) is 5.23. The van der Waals surface area contributed by atoms with E-state index in [4.69, 9.17) is 4.74 Å². The molecule has 1 aromatic rings. The molecule has 0 radical (unpaired) electrons. The lowest BCUT2D eigenvalue weighted by molar-refractivity contribution is 0.0136. The molecule has 92 valence electrons. The molecule has 2 unspecified atom stereocenters. The van der Waals surface area contributed by atoms with Gasteiger partial charge < -0.3 is 10.1 Å². The van der Waals surface area contributed by atoms with E-state index < -0.39 is 5.95 Å². The number of carbonyl (C=O) groups excluding carboxylic acids is 1. The van der Waals surface area contributed by atoms with E-state index in [9.17, 15) is 9.18 Å². The van der Waals surface area contributed by atoms with Crippen molar-refractivity contribution in [3.63, 3.8) is 0 Å². The van der Waals surface area contributed by atoms with Gasteiger partial charge in [0.1, 0.15) is 5.69 Å². The predicted molar refractivity (Wildman–Crippen MR) is 60.1 cm³/mol. The topological polar surface area (TPSA) is 51.2 Å². The molecule has 1 fully saturated rings. The minimum Gasteiger partial charge on any atom is -0.378 e. The number of carbonyl (C=O) groups is 1. The average Bonchev–Trinajstić information content (AvgIpc) is 2.29. The Morgan fingerprint density at radius 1 is 1.59 bits per heavy atom. The second-order valence-electron chi connectivity index (χ2n) is 4.22. The standard InChI is InChI=1S/C12H15FN2O2/c1-8-7-9(5-6-17-8)14-12(16)10-3-2-4-11(13)15-10/h2-4,8-9H,5-7H2,1H3,(H,14,16). The molecule has 0 spiro atoms. The molecule has 1 aliphatic heterocycles. The zero-order valence-corrected chi connectivity index (χ0v) is 9.65. The fraction of sp³-hybridized carbons (Fsp3) is 0.500. The summed E-state index contributed by atoms with van der Waals surface area (Å²) in [5.41, 5.74) is 0.115. The van der Waals surface area contributed by atoms with Gasteiger partial charge in [-0.15, -0.1) is 0 Å². The van der Waals surface area contributed by atoms with Gasteiger partial charge in [-0.2, -0.15) is 4.39 Å². The zero-order valence-electron chi connectivity index (χ0n) is 9.65. The van der Waals surface area contributed by atoms with Crippen LogP contribution in [-0.4, -0.2) is 29.6 Å². The Morgan fingerprint density at radius 3 is 3.12 bits per heavy atom. The summed E-state index contributed by atoms with van der Waals surface area (Å²) in [5, 5.41) is 2.84. The molecule has 1 amide bonds. The summed E-state index contributed by atoms with van der Waals surface area (Å²) in [4.78, 5) is 15.3. The highest BCUT2D eigenvalue weighted by Gasteiger charge is 2.21. The van der Waals surface area contributed by atoms with E-state index in [0.717, 1.165) is 12.8 Å². The maximum Gasteiger partial charge on any atom is 0.270 e. The van der Waals surface area contributed by atoms with E-state index in [1.165, 1.54) is 18.2 Å². The first-order valence-electron chi connectivity index (χ1n) is 5.70. The average molecular weight is 238 g/mol. The third-order valence-electron chi connectivity index (χ3n) is 2.77. The number of aromatic nitrogens is 1. The van der Waals surface area contributed by atoms with Crippen LogP contribution < -0.4 is 5.32 Å². The smallest absolute Gasteiger partial charge is 0.270 e. The Morgan fingerprint density at radius 2 is 2.41 bits per heavy atom. The Bertz CT molecular complexity index is 411. The zero-order chi connectivity index (χ0) is 12.3. The normalized spacial score (nSPS) is 24.4. The third kappa shape index (κ3) is 3.23. The fourth-order valence-electron chi connectivity index (χ4n) is 1.92. The van der Waals surface area contributed by atoms with Crippen LogP contribution in [0.1, 0.15) is 30.3 Å². The summed E-state index contributed by atoms with van der Waals surface area (Å²) >= 11 is 0. The van der Waals surface area contributed by atoms with Crippen LogP contribution in [0.4, 0.5) is 4.39 Å². The van der Waals surface area contributed by atoms with Crippen molar-refractivity contribution >= 4 is 5.91 Å². The maximum atomic E-state index is 12.9. The molecule has 0 aliphatic carbocycles. The Balaban J connectivity index is 1.97. The van der Waals surface area contributed by atoms with Crippen LogP contribution in [0.2, 0.25) is 0 Å². The first kappa shape index (κ1) is 12.0. The van der Waals surface area contributed by atoms with E-state index in [1.807, 2.05) is 6.92 Å². The number of amides is 1. The number of hydrogen-bond acceptors (Lipinski definition) is 3. The minimum absolute atomic E-state index is 0.0799. The largest absolute Gasteiger partial charge is 0.378 e. The van der Waals surface area contributed by atoms with E-state index in [0.29, 0.717) is 6.61 Å². The van der Waals surface area contributed by atoms with E-state index in [2.05, 4.69) is 10.3 Å². The number of nitrogens with zero attached hydrogens (tertiary/aromatic N) is 1. The van der Waals surface area contributed by atoms with Crippen molar-refractivity contribution in [2.24, 2.45) is 0 Å². The van der Waals surface area contributed by atoms with Crippen molar-refractivity contribution < 1.29 is 13.9 Å². The summed E-state index contributed by atoms with van der Waals surface area (Å²) < 4.78 is 18.2. The van der Waals surface area contributed by atoms with Gasteiger partial charge >= 0.3 is 0 Å². The van der Waals surface area contributed by atoms with Gasteiger partial charge in [-0.3, -0.25) is 4.79 Å². The monoisotopic (exact) mass is 238 g/mol. The quantitative estimate of drug-likeness (QED) is 0.795. The summed E-state index contributed by atoms with van der Waals surface area (Å²) in [7, 11) is 0. The minimum atomic E-state index is -0.641. The van der Waals surface area contributed by atoms with Crippen molar-refractivity contribution in [2.45, 2.75) is 31.9 Å². The van der Waals surface area contributed by atoms with E-state index in [1.54, 1.807) is 0 Å². The number of rotatable bonds is 2. The molecule has 1 aliphatic rings. The highest BCUT2D eigenvalue weighted by atomic mass is 19.1. The molecule has 0 saturated carbocycles. The molecule has 1 aromatic heterocycles. The van der Waals surface area contributed by atoms with Gasteiger partial charge in [0.25, 0.3) is 5.91 Å². The van der Waals surface area contributed by atoms with Crippen molar-refractivity contribution in [3.05, 3.63) is 29.8 Å². The number of pyridine rings is 1. The van der Waals surface area contributed by atoms with Crippen molar-refractivity contribution in [1.29, 1.82) is 0 Å². The van der Waals surface area contributed by atoms with Gasteiger partial charge in [0.05, 0.1) is 6.10 Å².